The minimum absolute atomic E-state index is 0.118. The van der Waals surface area contributed by atoms with Gasteiger partial charge in [0.2, 0.25) is 5.91 Å². The van der Waals surface area contributed by atoms with Gasteiger partial charge >= 0.3 is 0 Å². The van der Waals surface area contributed by atoms with Gasteiger partial charge in [0, 0.05) is 48.9 Å². The Morgan fingerprint density at radius 3 is 2.55 bits per heavy atom. The van der Waals surface area contributed by atoms with Crippen LogP contribution < -0.4 is 15.4 Å². The predicted molar refractivity (Wildman–Crippen MR) is 131 cm³/mol. The maximum Gasteiger partial charge on any atom is 0.217 e. The number of benzene rings is 2. The second-order valence-corrected chi connectivity index (χ2v) is 9.92. The summed E-state index contributed by atoms with van der Waals surface area (Å²) in [5.41, 5.74) is 2.93. The lowest BCUT2D eigenvalue weighted by molar-refractivity contribution is -0.119. The van der Waals surface area contributed by atoms with Crippen LogP contribution in [0.15, 0.2) is 36.4 Å². The van der Waals surface area contributed by atoms with Crippen LogP contribution in [0.25, 0.3) is 0 Å². The van der Waals surface area contributed by atoms with Crippen molar-refractivity contribution in [3.8, 4) is 5.75 Å². The highest BCUT2D eigenvalue weighted by atomic mass is 32.1. The van der Waals surface area contributed by atoms with Gasteiger partial charge < -0.3 is 15.4 Å². The maximum absolute atomic E-state index is 13.6. The van der Waals surface area contributed by atoms with Gasteiger partial charge in [0.05, 0.1) is 6.61 Å². The third-order valence-corrected chi connectivity index (χ3v) is 6.47. The van der Waals surface area contributed by atoms with E-state index in [2.05, 4.69) is 42.7 Å². The quantitative estimate of drug-likeness (QED) is 0.423. The van der Waals surface area contributed by atoms with E-state index in [1.165, 1.54) is 24.6 Å². The first kappa shape index (κ1) is 25.5. The number of halogens is 2. The fourth-order valence-electron chi connectivity index (χ4n) is 4.20. The first-order valence-electron chi connectivity index (χ1n) is 11.6. The third kappa shape index (κ3) is 7.71. The highest BCUT2D eigenvalue weighted by Crippen LogP contribution is 2.33. The molecule has 2 aromatic carbocycles. The Morgan fingerprint density at radius 2 is 1.88 bits per heavy atom. The molecule has 2 aromatic rings. The second-order valence-electron chi connectivity index (χ2n) is 9.26. The first-order valence-corrected chi connectivity index (χ1v) is 12.1. The number of nitrogens with one attached hydrogen (secondary N) is 2. The van der Waals surface area contributed by atoms with Gasteiger partial charge in [-0.1, -0.05) is 26.0 Å². The van der Waals surface area contributed by atoms with E-state index in [9.17, 15) is 13.6 Å². The van der Waals surface area contributed by atoms with Gasteiger partial charge in [-0.15, -0.1) is 0 Å². The summed E-state index contributed by atoms with van der Waals surface area (Å²) >= 11 is 4.73. The lowest BCUT2D eigenvalue weighted by Gasteiger charge is -2.30. The molecule has 2 N–H and O–H groups in total. The van der Waals surface area contributed by atoms with Crippen molar-refractivity contribution < 1.29 is 18.3 Å². The van der Waals surface area contributed by atoms with Gasteiger partial charge in [-0.2, -0.15) is 12.6 Å². The van der Waals surface area contributed by atoms with Crippen LogP contribution in [0.2, 0.25) is 0 Å². The number of ether oxygens (including phenoxy) is 1. The number of rotatable bonds is 10. The van der Waals surface area contributed by atoms with Crippen LogP contribution in [-0.4, -0.2) is 30.4 Å². The van der Waals surface area contributed by atoms with Gasteiger partial charge in [0.1, 0.15) is 17.4 Å². The highest BCUT2D eigenvalue weighted by molar-refractivity contribution is 7.81. The zero-order chi connectivity index (χ0) is 24.0. The van der Waals surface area contributed by atoms with Gasteiger partial charge in [0.25, 0.3) is 0 Å². The Kier molecular flexibility index (Phi) is 9.15. The lowest BCUT2D eigenvalue weighted by Crippen LogP contribution is -2.46. The van der Waals surface area contributed by atoms with Crippen LogP contribution in [0.1, 0.15) is 56.3 Å². The molecule has 33 heavy (non-hydrogen) atoms. The molecule has 0 saturated heterocycles. The molecule has 3 atom stereocenters. The van der Waals surface area contributed by atoms with Crippen LogP contribution in [-0.2, 0) is 17.6 Å². The molecular formula is C26H34F2N2O2S. The summed E-state index contributed by atoms with van der Waals surface area (Å²) in [7, 11) is 0. The van der Waals surface area contributed by atoms with Crippen LogP contribution >= 0.6 is 12.6 Å². The van der Waals surface area contributed by atoms with E-state index in [0.717, 1.165) is 36.6 Å². The summed E-state index contributed by atoms with van der Waals surface area (Å²) in [6.07, 6.45) is 3.28. The summed E-state index contributed by atoms with van der Waals surface area (Å²) < 4.78 is 33.1. The van der Waals surface area contributed by atoms with Crippen molar-refractivity contribution in [3.63, 3.8) is 0 Å². The number of fused-ring (bicyclic) bond motifs is 1. The molecule has 0 unspecified atom stereocenters. The number of amides is 1. The summed E-state index contributed by atoms with van der Waals surface area (Å²) in [6, 6.07) is 9.57. The lowest BCUT2D eigenvalue weighted by atomic mass is 9.95. The number of hydrogen-bond donors (Lipinski definition) is 3. The molecule has 3 rings (SSSR count). The van der Waals surface area contributed by atoms with Crippen LogP contribution in [0, 0.1) is 17.6 Å². The summed E-state index contributed by atoms with van der Waals surface area (Å²) in [5, 5.41) is 6.21. The molecule has 180 valence electrons. The van der Waals surface area contributed by atoms with Crippen molar-refractivity contribution in [1.82, 2.24) is 10.6 Å². The standard InChI is InChI=1S/C26H34F2N2O2S/c1-16(2)4-5-18-6-7-25-22(12-18)23(8-9-32-25)29-15-26(33)24(30-17(3)31)13-19-10-20(27)14-21(28)11-19/h6-7,10-12,14,16,23-24,26,29,33H,4-5,8-9,13,15H2,1-3H3,(H,30,31)/t23-,24+,26-/m1/s1. The second kappa shape index (κ2) is 11.8. The maximum atomic E-state index is 13.6. The van der Waals surface area contributed by atoms with E-state index in [0.29, 0.717) is 24.6 Å². The van der Waals surface area contributed by atoms with Gasteiger partial charge in [-0.25, -0.2) is 8.78 Å². The number of thiol groups is 1. The third-order valence-electron chi connectivity index (χ3n) is 5.93. The van der Waals surface area contributed by atoms with E-state index in [1.54, 1.807) is 0 Å². The molecule has 1 aliphatic heterocycles. The molecule has 0 saturated carbocycles. The fourth-order valence-corrected chi connectivity index (χ4v) is 4.48. The Morgan fingerprint density at radius 1 is 1.15 bits per heavy atom. The van der Waals surface area contributed by atoms with E-state index < -0.39 is 11.6 Å². The first-order chi connectivity index (χ1) is 15.7. The van der Waals surface area contributed by atoms with Crippen molar-refractivity contribution in [1.29, 1.82) is 0 Å². The van der Waals surface area contributed by atoms with E-state index in [1.807, 2.05) is 0 Å². The summed E-state index contributed by atoms with van der Waals surface area (Å²) in [6.45, 7) is 7.03. The van der Waals surface area contributed by atoms with E-state index >= 15 is 0 Å². The van der Waals surface area contributed by atoms with Crippen LogP contribution in [0.5, 0.6) is 5.75 Å². The molecule has 7 heteroatoms. The molecular weight excluding hydrogens is 442 g/mol. The Hall–Kier alpha value is -2.12. The van der Waals surface area contributed by atoms with Crippen molar-refractivity contribution in [2.24, 2.45) is 5.92 Å². The van der Waals surface area contributed by atoms with Crippen molar-refractivity contribution >= 4 is 18.5 Å². The number of hydrogen-bond acceptors (Lipinski definition) is 4. The zero-order valence-electron chi connectivity index (χ0n) is 19.5. The van der Waals surface area contributed by atoms with Gasteiger partial charge in [-0.3, -0.25) is 4.79 Å². The van der Waals surface area contributed by atoms with Gasteiger partial charge in [0.15, 0.2) is 0 Å². The molecule has 0 aliphatic carbocycles. The molecule has 0 spiro atoms. The molecule has 0 bridgehead atoms. The fraction of sp³-hybridized carbons (Fsp3) is 0.500. The normalized spacial score (nSPS) is 17.2. The Bertz CT molecular complexity index is 934. The molecule has 0 radical (unpaired) electrons. The molecule has 0 aromatic heterocycles. The SMILES string of the molecule is CC(=O)N[C@@H](Cc1cc(F)cc(F)c1)[C@H](S)CN[C@@H]1CCOc2ccc(CCC(C)C)cc21. The molecule has 1 aliphatic rings. The number of carbonyl (C=O) groups is 1. The monoisotopic (exact) mass is 476 g/mol. The van der Waals surface area contributed by atoms with Gasteiger partial charge in [-0.05, 0) is 54.5 Å². The Balaban J connectivity index is 1.68. The summed E-state index contributed by atoms with van der Waals surface area (Å²) in [5.74, 6) is 0.0759. The van der Waals surface area contributed by atoms with Crippen molar-refractivity contribution in [2.45, 2.75) is 63.8 Å². The zero-order valence-corrected chi connectivity index (χ0v) is 20.4. The predicted octanol–water partition coefficient (Wildman–Crippen LogP) is 5.01. The topological polar surface area (TPSA) is 50.4 Å². The number of aryl methyl sites for hydroxylation is 1. The molecule has 1 heterocycles. The minimum atomic E-state index is -0.632. The van der Waals surface area contributed by atoms with Crippen LogP contribution in [0.4, 0.5) is 8.78 Å². The van der Waals surface area contributed by atoms with Crippen molar-refractivity contribution in [2.75, 3.05) is 13.2 Å². The van der Waals surface area contributed by atoms with Crippen molar-refractivity contribution in [3.05, 3.63) is 64.7 Å². The average Bonchev–Trinajstić information content (AvgIpc) is 2.74. The van der Waals surface area contributed by atoms with Crippen LogP contribution in [0.3, 0.4) is 0 Å². The van der Waals surface area contributed by atoms with E-state index in [4.69, 9.17) is 17.4 Å². The average molecular weight is 477 g/mol. The molecule has 1 amide bonds. The largest absolute Gasteiger partial charge is 0.493 e. The Labute approximate surface area is 200 Å². The minimum Gasteiger partial charge on any atom is -0.493 e. The molecule has 0 fully saturated rings. The smallest absolute Gasteiger partial charge is 0.217 e. The number of carbonyl (C=O) groups excluding carboxylic acids is 1. The highest BCUT2D eigenvalue weighted by Gasteiger charge is 2.25. The summed E-state index contributed by atoms with van der Waals surface area (Å²) in [4.78, 5) is 11.8. The molecule has 4 nitrogen and oxygen atoms in total. The van der Waals surface area contributed by atoms with E-state index in [-0.39, 0.29) is 29.7 Å².